The number of ether oxygens (including phenoxy) is 1. The molecule has 2 fully saturated rings. The Morgan fingerprint density at radius 1 is 1.25 bits per heavy atom. The van der Waals surface area contributed by atoms with Crippen LogP contribution in [0.1, 0.15) is 63.5 Å². The van der Waals surface area contributed by atoms with Crippen LogP contribution in [0.15, 0.2) is 18.2 Å². The molecule has 0 heterocycles. The maximum atomic E-state index is 10.3. The predicted molar refractivity (Wildman–Crippen MR) is 97.3 cm³/mol. The van der Waals surface area contributed by atoms with Gasteiger partial charge in [0.2, 0.25) is 0 Å². The minimum absolute atomic E-state index is 0.160. The van der Waals surface area contributed by atoms with Gasteiger partial charge in [0.1, 0.15) is 5.75 Å². The summed E-state index contributed by atoms with van der Waals surface area (Å²) in [5.41, 5.74) is 3.44. The minimum Gasteiger partial charge on any atom is -0.497 e. The topological polar surface area (TPSA) is 29.5 Å². The average molecular weight is 328 g/mol. The number of hydrogen-bond acceptors (Lipinski definition) is 2. The first-order valence-electron chi connectivity index (χ1n) is 9.80. The van der Waals surface area contributed by atoms with Gasteiger partial charge in [-0.05, 0) is 97.3 Å². The van der Waals surface area contributed by atoms with Gasteiger partial charge in [0, 0.05) is 0 Å². The summed E-state index contributed by atoms with van der Waals surface area (Å²) in [7, 11) is 1.76. The Labute approximate surface area is 146 Å². The Morgan fingerprint density at radius 3 is 2.75 bits per heavy atom. The van der Waals surface area contributed by atoms with Crippen molar-refractivity contribution >= 4 is 0 Å². The molecule has 1 N–H and O–H groups in total. The van der Waals surface area contributed by atoms with Crippen LogP contribution in [0.25, 0.3) is 0 Å². The van der Waals surface area contributed by atoms with Gasteiger partial charge in [-0.25, -0.2) is 0 Å². The van der Waals surface area contributed by atoms with E-state index in [4.69, 9.17) is 4.74 Å². The molecule has 24 heavy (non-hydrogen) atoms. The first kappa shape index (κ1) is 16.4. The summed E-state index contributed by atoms with van der Waals surface area (Å²) < 4.78 is 5.45. The summed E-state index contributed by atoms with van der Waals surface area (Å²) in [6.07, 6.45) is 6.09. The summed E-state index contributed by atoms with van der Waals surface area (Å²) in [6, 6.07) is 6.75. The molecule has 0 saturated heterocycles. The zero-order valence-corrected chi connectivity index (χ0v) is 15.6. The summed E-state index contributed by atoms with van der Waals surface area (Å²) >= 11 is 0. The van der Waals surface area contributed by atoms with Crippen molar-refractivity contribution in [3.8, 4) is 5.75 Å². The fraction of sp³-hybridized carbons (Fsp3) is 0.727. The predicted octanol–water partition coefficient (Wildman–Crippen LogP) is 4.79. The molecule has 1 aromatic carbocycles. The van der Waals surface area contributed by atoms with Crippen molar-refractivity contribution in [2.45, 2.75) is 64.9 Å². The van der Waals surface area contributed by atoms with E-state index < -0.39 is 0 Å². The lowest BCUT2D eigenvalue weighted by atomic mass is 9.51. The Kier molecular flexibility index (Phi) is 3.95. The van der Waals surface area contributed by atoms with E-state index in [2.05, 4.69) is 32.0 Å². The smallest absolute Gasteiger partial charge is 0.119 e. The third kappa shape index (κ3) is 2.25. The van der Waals surface area contributed by atoms with E-state index in [1.165, 1.54) is 37.7 Å². The van der Waals surface area contributed by atoms with E-state index in [0.29, 0.717) is 17.3 Å². The number of hydrogen-bond donors (Lipinski definition) is 1. The maximum Gasteiger partial charge on any atom is 0.119 e. The van der Waals surface area contributed by atoms with Crippen LogP contribution in [-0.2, 0) is 6.42 Å². The zero-order chi connectivity index (χ0) is 17.1. The van der Waals surface area contributed by atoms with Crippen LogP contribution in [0.4, 0.5) is 0 Å². The molecule has 7 atom stereocenters. The number of methoxy groups -OCH3 is 1. The van der Waals surface area contributed by atoms with Gasteiger partial charge >= 0.3 is 0 Å². The quantitative estimate of drug-likeness (QED) is 0.845. The molecule has 2 heteroatoms. The van der Waals surface area contributed by atoms with Crippen molar-refractivity contribution in [2.75, 3.05) is 7.11 Å². The number of fused-ring (bicyclic) bond motifs is 5. The average Bonchev–Trinajstić information content (AvgIpc) is 2.91. The second-order valence-electron chi connectivity index (χ2n) is 9.01. The van der Waals surface area contributed by atoms with Crippen LogP contribution in [0.5, 0.6) is 5.75 Å². The number of rotatable bonds is 2. The molecule has 0 amide bonds. The monoisotopic (exact) mass is 328 g/mol. The van der Waals surface area contributed by atoms with Crippen LogP contribution in [0, 0.1) is 29.1 Å². The summed E-state index contributed by atoms with van der Waals surface area (Å²) in [6.45, 7) is 6.95. The third-order valence-corrected chi connectivity index (χ3v) is 7.94. The molecule has 0 bridgehead atoms. The molecule has 2 saturated carbocycles. The first-order chi connectivity index (χ1) is 11.5. The molecule has 4 rings (SSSR count). The fourth-order valence-electron chi connectivity index (χ4n) is 6.91. The summed E-state index contributed by atoms with van der Waals surface area (Å²) in [4.78, 5) is 0. The van der Waals surface area contributed by atoms with Gasteiger partial charge in [0.25, 0.3) is 0 Å². The highest BCUT2D eigenvalue weighted by Gasteiger charge is 2.56. The Bertz CT molecular complexity index is 622. The number of aliphatic hydroxyl groups is 1. The first-order valence-corrected chi connectivity index (χ1v) is 9.80. The van der Waals surface area contributed by atoms with Crippen molar-refractivity contribution in [1.82, 2.24) is 0 Å². The molecule has 3 aliphatic carbocycles. The largest absolute Gasteiger partial charge is 0.497 e. The lowest BCUT2D eigenvalue weighted by Gasteiger charge is -2.53. The Morgan fingerprint density at radius 2 is 2.04 bits per heavy atom. The fourth-order valence-corrected chi connectivity index (χ4v) is 6.91. The van der Waals surface area contributed by atoms with Crippen LogP contribution in [0.3, 0.4) is 0 Å². The van der Waals surface area contributed by atoms with Crippen molar-refractivity contribution < 1.29 is 9.84 Å². The van der Waals surface area contributed by atoms with Crippen molar-refractivity contribution in [1.29, 1.82) is 0 Å². The van der Waals surface area contributed by atoms with Crippen molar-refractivity contribution in [3.63, 3.8) is 0 Å². The van der Waals surface area contributed by atoms with Crippen LogP contribution in [-0.4, -0.2) is 18.3 Å². The number of benzene rings is 1. The molecule has 0 radical (unpaired) electrons. The third-order valence-electron chi connectivity index (χ3n) is 7.94. The van der Waals surface area contributed by atoms with Crippen molar-refractivity contribution in [2.24, 2.45) is 29.1 Å². The molecule has 2 nitrogen and oxygen atoms in total. The zero-order valence-electron chi connectivity index (χ0n) is 15.6. The molecule has 1 aromatic rings. The van der Waals surface area contributed by atoms with E-state index >= 15 is 0 Å². The van der Waals surface area contributed by atoms with Crippen LogP contribution < -0.4 is 4.74 Å². The van der Waals surface area contributed by atoms with Crippen LogP contribution >= 0.6 is 0 Å². The molecule has 0 aliphatic heterocycles. The molecular formula is C22H32O2. The van der Waals surface area contributed by atoms with Gasteiger partial charge in [-0.1, -0.05) is 19.9 Å². The highest BCUT2D eigenvalue weighted by atomic mass is 16.5. The second kappa shape index (κ2) is 5.76. The Balaban J connectivity index is 1.70. The van der Waals surface area contributed by atoms with Crippen LogP contribution in [0.2, 0.25) is 0 Å². The van der Waals surface area contributed by atoms with E-state index in [-0.39, 0.29) is 6.10 Å². The minimum atomic E-state index is -0.160. The molecular weight excluding hydrogens is 296 g/mol. The number of aliphatic hydroxyl groups excluding tert-OH is 1. The maximum absolute atomic E-state index is 10.3. The van der Waals surface area contributed by atoms with Gasteiger partial charge in [0.05, 0.1) is 13.2 Å². The summed E-state index contributed by atoms with van der Waals surface area (Å²) in [5.74, 6) is 4.49. The Hall–Kier alpha value is -1.02. The molecule has 3 aliphatic rings. The highest BCUT2D eigenvalue weighted by Crippen LogP contribution is 2.64. The van der Waals surface area contributed by atoms with E-state index in [1.54, 1.807) is 12.7 Å². The lowest BCUT2D eigenvalue weighted by Crippen LogP contribution is -2.46. The highest BCUT2D eigenvalue weighted by molar-refractivity contribution is 5.41. The second-order valence-corrected chi connectivity index (χ2v) is 9.01. The molecule has 0 unspecified atom stereocenters. The van der Waals surface area contributed by atoms with Gasteiger partial charge < -0.3 is 9.84 Å². The standard InChI is InChI=1S/C22H32O2/c1-13-11-15-12-16(24-4)5-6-17(15)18-9-10-22(3)19(14(2)23)7-8-20(22)21(13)18/h5-6,12-14,18-21,23H,7-11H2,1-4H3/t13-,14-,18-,19+,20-,21-,22-/m1/s1. The lowest BCUT2D eigenvalue weighted by molar-refractivity contribution is -0.0310. The molecule has 132 valence electrons. The SMILES string of the molecule is COc1ccc2c(c1)C[C@@H](C)[C@@H]1[C@@H]2CC[C@@]2(C)[C@@H]1CC[C@H]2[C@@H](C)O. The van der Waals surface area contributed by atoms with E-state index in [9.17, 15) is 5.11 Å². The van der Waals surface area contributed by atoms with Gasteiger partial charge in [0.15, 0.2) is 0 Å². The molecule has 0 spiro atoms. The van der Waals surface area contributed by atoms with Gasteiger partial charge in [-0.15, -0.1) is 0 Å². The van der Waals surface area contributed by atoms with E-state index in [1.807, 2.05) is 6.92 Å². The normalized spacial score (nSPS) is 42.0. The van der Waals surface area contributed by atoms with Crippen molar-refractivity contribution in [3.05, 3.63) is 29.3 Å². The van der Waals surface area contributed by atoms with E-state index in [0.717, 1.165) is 23.5 Å². The summed E-state index contributed by atoms with van der Waals surface area (Å²) in [5, 5.41) is 10.3. The molecule has 0 aromatic heterocycles. The van der Waals surface area contributed by atoms with Gasteiger partial charge in [-0.3, -0.25) is 0 Å². The van der Waals surface area contributed by atoms with Gasteiger partial charge in [-0.2, -0.15) is 0 Å².